The SMILES string of the molecule is COc1ccc(CCNC2C3CC4CC(C3)CC2C4)cc1OC. The van der Waals surface area contributed by atoms with Crippen LogP contribution in [-0.2, 0) is 6.42 Å². The van der Waals surface area contributed by atoms with Crippen molar-refractivity contribution >= 4 is 0 Å². The van der Waals surface area contributed by atoms with Gasteiger partial charge in [0.05, 0.1) is 14.2 Å². The number of hydrogen-bond donors (Lipinski definition) is 1. The third-order valence-electron chi connectivity index (χ3n) is 6.47. The first kappa shape index (κ1) is 15.3. The fraction of sp³-hybridized carbons (Fsp3) is 0.700. The van der Waals surface area contributed by atoms with Crippen LogP contribution in [-0.4, -0.2) is 26.8 Å². The second kappa shape index (κ2) is 6.35. The van der Waals surface area contributed by atoms with E-state index < -0.39 is 0 Å². The van der Waals surface area contributed by atoms with Gasteiger partial charge < -0.3 is 14.8 Å². The maximum atomic E-state index is 5.41. The topological polar surface area (TPSA) is 30.5 Å². The van der Waals surface area contributed by atoms with Gasteiger partial charge in [-0.1, -0.05) is 6.07 Å². The molecule has 0 amide bonds. The van der Waals surface area contributed by atoms with Gasteiger partial charge in [-0.15, -0.1) is 0 Å². The lowest BCUT2D eigenvalue weighted by molar-refractivity contribution is -0.0133. The van der Waals surface area contributed by atoms with E-state index in [4.69, 9.17) is 9.47 Å². The Morgan fingerprint density at radius 3 is 2.17 bits per heavy atom. The van der Waals surface area contributed by atoms with Gasteiger partial charge >= 0.3 is 0 Å². The monoisotopic (exact) mass is 315 g/mol. The zero-order chi connectivity index (χ0) is 15.8. The molecular formula is C20H29NO2. The van der Waals surface area contributed by atoms with Gasteiger partial charge in [0.15, 0.2) is 11.5 Å². The number of rotatable bonds is 6. The van der Waals surface area contributed by atoms with E-state index in [1.165, 1.54) is 37.7 Å². The maximum absolute atomic E-state index is 5.41. The molecule has 5 rings (SSSR count). The first-order chi connectivity index (χ1) is 11.3. The molecule has 0 unspecified atom stereocenters. The lowest BCUT2D eigenvalue weighted by Gasteiger charge is -2.54. The molecule has 0 aromatic heterocycles. The molecule has 0 spiro atoms. The Kier molecular flexibility index (Phi) is 4.23. The van der Waals surface area contributed by atoms with Gasteiger partial charge in [-0.2, -0.15) is 0 Å². The fourth-order valence-electron chi connectivity index (χ4n) is 5.68. The average Bonchev–Trinajstić information content (AvgIpc) is 2.56. The molecule has 0 radical (unpaired) electrons. The highest BCUT2D eigenvalue weighted by Gasteiger charge is 2.47. The van der Waals surface area contributed by atoms with E-state index in [9.17, 15) is 0 Å². The number of ether oxygens (including phenoxy) is 2. The van der Waals surface area contributed by atoms with Crippen LogP contribution in [0.2, 0.25) is 0 Å². The summed E-state index contributed by atoms with van der Waals surface area (Å²) in [5.74, 6) is 5.67. The van der Waals surface area contributed by atoms with Crippen LogP contribution >= 0.6 is 0 Å². The Labute approximate surface area is 139 Å². The first-order valence-electron chi connectivity index (χ1n) is 9.21. The van der Waals surface area contributed by atoms with Gasteiger partial charge in [-0.3, -0.25) is 0 Å². The molecule has 4 aliphatic carbocycles. The van der Waals surface area contributed by atoms with Crippen LogP contribution in [0.3, 0.4) is 0 Å². The summed E-state index contributed by atoms with van der Waals surface area (Å²) >= 11 is 0. The fourth-order valence-corrected chi connectivity index (χ4v) is 5.68. The second-order valence-electron chi connectivity index (χ2n) is 7.85. The molecule has 4 bridgehead atoms. The van der Waals surface area contributed by atoms with Crippen LogP contribution < -0.4 is 14.8 Å². The number of hydrogen-bond acceptors (Lipinski definition) is 3. The van der Waals surface area contributed by atoms with Gasteiger partial charge in [0.25, 0.3) is 0 Å². The summed E-state index contributed by atoms with van der Waals surface area (Å²) in [5.41, 5.74) is 1.32. The molecule has 4 fully saturated rings. The molecular weight excluding hydrogens is 286 g/mol. The van der Waals surface area contributed by atoms with E-state index in [1.807, 2.05) is 6.07 Å². The lowest BCUT2D eigenvalue weighted by Crippen LogP contribution is -2.54. The van der Waals surface area contributed by atoms with Crippen molar-refractivity contribution in [3.8, 4) is 11.5 Å². The Hall–Kier alpha value is -1.22. The predicted octanol–water partition coefficient (Wildman–Crippen LogP) is 3.66. The van der Waals surface area contributed by atoms with Gasteiger partial charge in [-0.05, 0) is 86.4 Å². The predicted molar refractivity (Wildman–Crippen MR) is 92.1 cm³/mol. The molecule has 0 saturated heterocycles. The highest BCUT2D eigenvalue weighted by atomic mass is 16.5. The third kappa shape index (κ3) is 2.96. The molecule has 1 N–H and O–H groups in total. The molecule has 1 aromatic rings. The van der Waals surface area contributed by atoms with Crippen molar-refractivity contribution in [3.05, 3.63) is 23.8 Å². The highest BCUT2D eigenvalue weighted by Crippen LogP contribution is 2.53. The van der Waals surface area contributed by atoms with Crippen molar-refractivity contribution in [2.75, 3.05) is 20.8 Å². The van der Waals surface area contributed by atoms with Crippen LogP contribution in [0.4, 0.5) is 0 Å². The summed E-state index contributed by atoms with van der Waals surface area (Å²) in [6.45, 7) is 1.07. The zero-order valence-electron chi connectivity index (χ0n) is 14.4. The lowest BCUT2D eigenvalue weighted by atomic mass is 9.54. The summed E-state index contributed by atoms with van der Waals surface area (Å²) in [4.78, 5) is 0. The third-order valence-corrected chi connectivity index (χ3v) is 6.47. The summed E-state index contributed by atoms with van der Waals surface area (Å²) in [7, 11) is 3.39. The standard InChI is InChI=1S/C20H29NO2/c1-22-18-4-3-13(12-19(18)23-2)5-6-21-20-16-8-14-7-15(10-16)11-17(20)9-14/h3-4,12,14-17,20-21H,5-11H2,1-2H3. The Bertz CT molecular complexity index is 529. The molecule has 0 heterocycles. The summed E-state index contributed by atoms with van der Waals surface area (Å²) in [5, 5.41) is 3.91. The molecule has 126 valence electrons. The van der Waals surface area contributed by atoms with E-state index in [1.54, 1.807) is 14.2 Å². The van der Waals surface area contributed by atoms with Gasteiger partial charge in [-0.25, -0.2) is 0 Å². The van der Waals surface area contributed by atoms with E-state index in [0.717, 1.165) is 54.2 Å². The minimum absolute atomic E-state index is 0.781. The number of benzene rings is 1. The van der Waals surface area contributed by atoms with E-state index in [2.05, 4.69) is 17.4 Å². The van der Waals surface area contributed by atoms with E-state index >= 15 is 0 Å². The molecule has 23 heavy (non-hydrogen) atoms. The quantitative estimate of drug-likeness (QED) is 0.869. The summed E-state index contributed by atoms with van der Waals surface area (Å²) in [6.07, 6.45) is 8.54. The molecule has 0 aliphatic heterocycles. The average molecular weight is 315 g/mol. The Morgan fingerprint density at radius 1 is 0.913 bits per heavy atom. The normalized spacial score (nSPS) is 34.6. The highest BCUT2D eigenvalue weighted by molar-refractivity contribution is 5.42. The molecule has 4 aliphatic rings. The van der Waals surface area contributed by atoms with Crippen molar-refractivity contribution in [1.82, 2.24) is 5.32 Å². The molecule has 3 heteroatoms. The molecule has 0 atom stereocenters. The van der Waals surface area contributed by atoms with Gasteiger partial charge in [0, 0.05) is 6.04 Å². The van der Waals surface area contributed by atoms with Crippen LogP contribution in [0.1, 0.15) is 37.7 Å². The maximum Gasteiger partial charge on any atom is 0.160 e. The van der Waals surface area contributed by atoms with Crippen LogP contribution in [0.25, 0.3) is 0 Å². The van der Waals surface area contributed by atoms with Crippen molar-refractivity contribution in [3.63, 3.8) is 0 Å². The second-order valence-corrected chi connectivity index (χ2v) is 7.85. The van der Waals surface area contributed by atoms with Crippen molar-refractivity contribution in [2.45, 2.75) is 44.6 Å². The molecule has 3 nitrogen and oxygen atoms in total. The van der Waals surface area contributed by atoms with Crippen LogP contribution in [0, 0.1) is 23.7 Å². The van der Waals surface area contributed by atoms with E-state index in [-0.39, 0.29) is 0 Å². The molecule has 4 saturated carbocycles. The smallest absolute Gasteiger partial charge is 0.160 e. The van der Waals surface area contributed by atoms with Crippen LogP contribution in [0.15, 0.2) is 18.2 Å². The van der Waals surface area contributed by atoms with Crippen molar-refractivity contribution in [2.24, 2.45) is 23.7 Å². The largest absolute Gasteiger partial charge is 0.493 e. The van der Waals surface area contributed by atoms with E-state index in [0.29, 0.717) is 0 Å². The first-order valence-corrected chi connectivity index (χ1v) is 9.21. The van der Waals surface area contributed by atoms with Gasteiger partial charge in [0.2, 0.25) is 0 Å². The Morgan fingerprint density at radius 2 is 1.57 bits per heavy atom. The minimum Gasteiger partial charge on any atom is -0.493 e. The van der Waals surface area contributed by atoms with Gasteiger partial charge in [0.1, 0.15) is 0 Å². The minimum atomic E-state index is 0.781. The summed E-state index contributed by atoms with van der Waals surface area (Å²) < 4.78 is 10.7. The Balaban J connectivity index is 1.34. The van der Waals surface area contributed by atoms with Crippen molar-refractivity contribution < 1.29 is 9.47 Å². The number of methoxy groups -OCH3 is 2. The molecule has 1 aromatic carbocycles. The number of nitrogens with one attached hydrogen (secondary N) is 1. The summed E-state index contributed by atoms with van der Waals surface area (Å²) in [6, 6.07) is 7.05. The van der Waals surface area contributed by atoms with Crippen LogP contribution in [0.5, 0.6) is 11.5 Å². The zero-order valence-corrected chi connectivity index (χ0v) is 14.4. The van der Waals surface area contributed by atoms with Crippen molar-refractivity contribution in [1.29, 1.82) is 0 Å².